The van der Waals surface area contributed by atoms with Crippen molar-refractivity contribution in [2.24, 2.45) is 0 Å². The van der Waals surface area contributed by atoms with Gasteiger partial charge in [-0.15, -0.1) is 0 Å². The van der Waals surface area contributed by atoms with Gasteiger partial charge in [-0.25, -0.2) is 12.8 Å². The summed E-state index contributed by atoms with van der Waals surface area (Å²) in [6, 6.07) is 3.86. The normalized spacial score (nSPS) is 16.1. The van der Waals surface area contributed by atoms with Crippen molar-refractivity contribution < 1.29 is 22.1 Å². The molecule has 0 amide bonds. The summed E-state index contributed by atoms with van der Waals surface area (Å²) in [6.07, 6.45) is 0.655. The first-order valence-corrected chi connectivity index (χ1v) is 9.37. The topological polar surface area (TPSA) is 97.6 Å². The van der Waals surface area contributed by atoms with Gasteiger partial charge in [-0.05, 0) is 18.2 Å². The summed E-state index contributed by atoms with van der Waals surface area (Å²) in [4.78, 5) is 3.79. The van der Waals surface area contributed by atoms with Gasteiger partial charge in [0, 0.05) is 25.2 Å². The molecule has 0 bridgehead atoms. The van der Waals surface area contributed by atoms with Crippen LogP contribution in [0.1, 0.15) is 18.6 Å². The standard InChI is InChI=1S/C15H19FN4O4S/c1-2-14-18-15(24-19-14)10-17-11-3-4-12(16)13(9-11)25(21,22)20-5-7-23-8-6-20/h3-4,9,17H,2,5-8,10H2,1H3. The number of nitrogens with zero attached hydrogens (tertiary/aromatic N) is 3. The van der Waals surface area contributed by atoms with Gasteiger partial charge in [0.25, 0.3) is 0 Å². The Morgan fingerprint density at radius 2 is 2.08 bits per heavy atom. The average molecular weight is 370 g/mol. The monoisotopic (exact) mass is 370 g/mol. The molecule has 1 saturated heterocycles. The average Bonchev–Trinajstić information content (AvgIpc) is 3.10. The van der Waals surface area contributed by atoms with Crippen molar-refractivity contribution in [1.82, 2.24) is 14.4 Å². The van der Waals surface area contributed by atoms with Crippen molar-refractivity contribution in [3.05, 3.63) is 35.7 Å². The van der Waals surface area contributed by atoms with Crippen LogP contribution in [-0.4, -0.2) is 49.2 Å². The summed E-state index contributed by atoms with van der Waals surface area (Å²) in [6.45, 7) is 3.15. The zero-order valence-corrected chi connectivity index (χ0v) is 14.6. The lowest BCUT2D eigenvalue weighted by atomic mass is 10.3. The smallest absolute Gasteiger partial charge is 0.246 e. The Balaban J connectivity index is 1.77. The molecule has 0 unspecified atom stereocenters. The van der Waals surface area contributed by atoms with Gasteiger partial charge in [-0.3, -0.25) is 0 Å². The van der Waals surface area contributed by atoms with Gasteiger partial charge < -0.3 is 14.6 Å². The lowest BCUT2D eigenvalue weighted by molar-refractivity contribution is 0.0729. The Labute approximate surface area is 145 Å². The summed E-state index contributed by atoms with van der Waals surface area (Å²) in [5.74, 6) is 0.174. The summed E-state index contributed by atoms with van der Waals surface area (Å²) >= 11 is 0. The van der Waals surface area contributed by atoms with Crippen LogP contribution >= 0.6 is 0 Å². The third-order valence-corrected chi connectivity index (χ3v) is 5.70. The first-order chi connectivity index (χ1) is 12.0. The summed E-state index contributed by atoms with van der Waals surface area (Å²) in [5.41, 5.74) is 0.449. The van der Waals surface area contributed by atoms with E-state index in [1.165, 1.54) is 16.4 Å². The molecule has 10 heteroatoms. The molecule has 8 nitrogen and oxygen atoms in total. The molecule has 1 N–H and O–H groups in total. The van der Waals surface area contributed by atoms with Crippen LogP contribution in [0.25, 0.3) is 0 Å². The Morgan fingerprint density at radius 1 is 1.32 bits per heavy atom. The molecule has 1 aromatic carbocycles. The highest BCUT2D eigenvalue weighted by Crippen LogP contribution is 2.24. The number of sulfonamides is 1. The largest absolute Gasteiger partial charge is 0.379 e. The number of anilines is 1. The van der Waals surface area contributed by atoms with Gasteiger partial charge in [0.15, 0.2) is 5.82 Å². The molecule has 0 spiro atoms. The van der Waals surface area contributed by atoms with E-state index in [4.69, 9.17) is 9.26 Å². The lowest BCUT2D eigenvalue weighted by Gasteiger charge is -2.26. The van der Waals surface area contributed by atoms with Crippen molar-refractivity contribution in [2.45, 2.75) is 24.8 Å². The molecule has 0 saturated carbocycles. The number of aromatic nitrogens is 2. The van der Waals surface area contributed by atoms with Gasteiger partial charge in [-0.2, -0.15) is 9.29 Å². The molecule has 1 aliphatic heterocycles. The van der Waals surface area contributed by atoms with Crippen LogP contribution in [0, 0.1) is 5.82 Å². The number of aryl methyl sites for hydroxylation is 1. The minimum absolute atomic E-state index is 0.210. The van der Waals surface area contributed by atoms with Crippen LogP contribution < -0.4 is 5.32 Å². The molecular weight excluding hydrogens is 351 g/mol. The van der Waals surface area contributed by atoms with Crippen LogP contribution in [0.2, 0.25) is 0 Å². The molecule has 0 radical (unpaired) electrons. The Hall–Kier alpha value is -2.04. The van der Waals surface area contributed by atoms with E-state index < -0.39 is 15.8 Å². The molecular formula is C15H19FN4O4S. The number of morpholine rings is 1. The SMILES string of the molecule is CCc1noc(CNc2ccc(F)c(S(=O)(=O)N3CCOCC3)c2)n1. The maximum Gasteiger partial charge on any atom is 0.246 e. The molecule has 1 aromatic heterocycles. The second kappa shape index (κ2) is 7.46. The third kappa shape index (κ3) is 3.97. The van der Waals surface area contributed by atoms with Crippen molar-refractivity contribution in [3.8, 4) is 0 Å². The van der Waals surface area contributed by atoms with Crippen LogP contribution in [0.3, 0.4) is 0 Å². The molecule has 0 atom stereocenters. The molecule has 25 heavy (non-hydrogen) atoms. The van der Waals surface area contributed by atoms with Gasteiger partial charge in [0.05, 0.1) is 19.8 Å². The third-order valence-electron chi connectivity index (χ3n) is 3.79. The van der Waals surface area contributed by atoms with Crippen molar-refractivity contribution in [1.29, 1.82) is 0 Å². The molecule has 2 heterocycles. The fraction of sp³-hybridized carbons (Fsp3) is 0.467. The molecule has 1 fully saturated rings. The zero-order valence-electron chi connectivity index (χ0n) is 13.7. The minimum atomic E-state index is -3.91. The van der Waals surface area contributed by atoms with Crippen LogP contribution in [0.15, 0.2) is 27.6 Å². The van der Waals surface area contributed by atoms with Crippen molar-refractivity contribution >= 4 is 15.7 Å². The van der Waals surface area contributed by atoms with E-state index in [9.17, 15) is 12.8 Å². The van der Waals surface area contributed by atoms with Crippen LogP contribution in [0.5, 0.6) is 0 Å². The van der Waals surface area contributed by atoms with Crippen molar-refractivity contribution in [2.75, 3.05) is 31.6 Å². The molecule has 0 aliphatic carbocycles. The van der Waals surface area contributed by atoms with Gasteiger partial charge >= 0.3 is 0 Å². The number of rotatable bonds is 6. The molecule has 136 valence electrons. The number of hydrogen-bond donors (Lipinski definition) is 1. The number of ether oxygens (including phenoxy) is 1. The molecule has 1 aliphatic rings. The quantitative estimate of drug-likeness (QED) is 0.821. The van der Waals surface area contributed by atoms with E-state index in [0.717, 1.165) is 6.07 Å². The molecule has 2 aromatic rings. The summed E-state index contributed by atoms with van der Waals surface area (Å²) < 4.78 is 50.8. The van der Waals surface area contributed by atoms with E-state index in [1.54, 1.807) is 0 Å². The van der Waals surface area contributed by atoms with Gasteiger partial charge in [-0.1, -0.05) is 12.1 Å². The van der Waals surface area contributed by atoms with Gasteiger partial charge in [0.1, 0.15) is 10.7 Å². The minimum Gasteiger partial charge on any atom is -0.379 e. The summed E-state index contributed by atoms with van der Waals surface area (Å²) in [7, 11) is -3.91. The predicted octanol–water partition coefficient (Wildman–Crippen LogP) is 1.40. The number of benzene rings is 1. The first kappa shape index (κ1) is 17.8. The van der Waals surface area contributed by atoms with E-state index >= 15 is 0 Å². The fourth-order valence-electron chi connectivity index (χ4n) is 2.42. The highest BCUT2D eigenvalue weighted by molar-refractivity contribution is 7.89. The van der Waals surface area contributed by atoms with Gasteiger partial charge in [0.2, 0.25) is 15.9 Å². The second-order valence-electron chi connectivity index (χ2n) is 5.47. The number of hydrogen-bond acceptors (Lipinski definition) is 7. The second-order valence-corrected chi connectivity index (χ2v) is 7.38. The maximum absolute atomic E-state index is 14.1. The highest BCUT2D eigenvalue weighted by atomic mass is 32.2. The van der Waals surface area contributed by atoms with E-state index in [0.29, 0.717) is 37.0 Å². The van der Waals surface area contributed by atoms with Crippen molar-refractivity contribution in [3.63, 3.8) is 0 Å². The Morgan fingerprint density at radius 3 is 2.76 bits per heavy atom. The van der Waals surface area contributed by atoms with Crippen LogP contribution in [-0.2, 0) is 27.7 Å². The lowest BCUT2D eigenvalue weighted by Crippen LogP contribution is -2.40. The Kier molecular flexibility index (Phi) is 5.30. The molecule has 3 rings (SSSR count). The number of halogens is 1. The first-order valence-electron chi connectivity index (χ1n) is 7.93. The fourth-order valence-corrected chi connectivity index (χ4v) is 3.92. The number of nitrogens with one attached hydrogen (secondary N) is 1. The summed E-state index contributed by atoms with van der Waals surface area (Å²) in [5, 5.41) is 6.75. The van der Waals surface area contributed by atoms with E-state index in [1.807, 2.05) is 6.92 Å². The zero-order chi connectivity index (χ0) is 17.9. The Bertz CT molecular complexity index is 834. The predicted molar refractivity (Wildman–Crippen MR) is 87.0 cm³/mol. The van der Waals surface area contributed by atoms with Crippen LogP contribution in [0.4, 0.5) is 10.1 Å². The maximum atomic E-state index is 14.1. The van der Waals surface area contributed by atoms with E-state index in [-0.39, 0.29) is 24.5 Å². The highest BCUT2D eigenvalue weighted by Gasteiger charge is 2.29. The van der Waals surface area contributed by atoms with E-state index in [2.05, 4.69) is 15.5 Å².